The molecule has 6 heteroatoms. The topological polar surface area (TPSA) is 59.0 Å². The van der Waals surface area contributed by atoms with Crippen molar-refractivity contribution in [3.05, 3.63) is 18.0 Å². The van der Waals surface area contributed by atoms with Gasteiger partial charge in [-0.05, 0) is 63.0 Å². The molecule has 3 aliphatic rings. The molecule has 22 heavy (non-hydrogen) atoms. The third kappa shape index (κ3) is 3.46. The van der Waals surface area contributed by atoms with Crippen molar-refractivity contribution in [2.45, 2.75) is 50.6 Å². The molecule has 0 bridgehead atoms. The lowest BCUT2D eigenvalue weighted by atomic mass is 10.1. The molecule has 0 radical (unpaired) electrons. The van der Waals surface area contributed by atoms with E-state index in [1.807, 2.05) is 16.9 Å². The molecule has 0 spiro atoms. The average Bonchev–Trinajstić information content (AvgIpc) is 3.44. The zero-order valence-corrected chi connectivity index (χ0v) is 13.6. The number of carbonyl (C=O) groups is 1. The predicted molar refractivity (Wildman–Crippen MR) is 87.3 cm³/mol. The summed E-state index contributed by atoms with van der Waals surface area (Å²) >= 11 is 0. The monoisotopic (exact) mass is 324 g/mol. The standard InChI is InChI=1S/C16H24N4O.ClH/c21-16(18-15(11-3-4-11)12-5-6-12)14-7-9-20(19-14)13-2-1-8-17-10-13;/h7,9,11-13,15,17H,1-6,8,10H2,(H,18,21);1H. The highest BCUT2D eigenvalue weighted by Crippen LogP contribution is 2.44. The molecule has 2 saturated carbocycles. The number of halogens is 1. The van der Waals surface area contributed by atoms with Crippen molar-refractivity contribution in [1.29, 1.82) is 0 Å². The fourth-order valence-electron chi connectivity index (χ4n) is 3.48. The molecule has 0 aromatic carbocycles. The van der Waals surface area contributed by atoms with Crippen molar-refractivity contribution >= 4 is 18.3 Å². The van der Waals surface area contributed by atoms with Gasteiger partial charge in [0.15, 0.2) is 0 Å². The maximum Gasteiger partial charge on any atom is 0.272 e. The number of aromatic nitrogens is 2. The molecule has 4 rings (SSSR count). The van der Waals surface area contributed by atoms with Crippen molar-refractivity contribution in [2.24, 2.45) is 11.8 Å². The van der Waals surface area contributed by atoms with Crippen LogP contribution in [0.3, 0.4) is 0 Å². The lowest BCUT2D eigenvalue weighted by Gasteiger charge is -2.23. The zero-order chi connectivity index (χ0) is 14.2. The van der Waals surface area contributed by atoms with E-state index in [1.54, 1.807) is 0 Å². The summed E-state index contributed by atoms with van der Waals surface area (Å²) in [6.07, 6.45) is 9.40. The summed E-state index contributed by atoms with van der Waals surface area (Å²) in [7, 11) is 0. The van der Waals surface area contributed by atoms with E-state index in [9.17, 15) is 4.79 Å². The Labute approximate surface area is 137 Å². The van der Waals surface area contributed by atoms with Gasteiger partial charge in [0, 0.05) is 18.8 Å². The predicted octanol–water partition coefficient (Wildman–Crippen LogP) is 2.15. The van der Waals surface area contributed by atoms with E-state index in [0.29, 0.717) is 17.8 Å². The van der Waals surface area contributed by atoms with Crippen molar-refractivity contribution < 1.29 is 4.79 Å². The number of amides is 1. The van der Waals surface area contributed by atoms with E-state index in [2.05, 4.69) is 15.7 Å². The zero-order valence-electron chi connectivity index (χ0n) is 12.8. The minimum absolute atomic E-state index is 0. The second kappa shape index (κ2) is 6.59. The van der Waals surface area contributed by atoms with Crippen LogP contribution in [-0.4, -0.2) is 34.8 Å². The Hall–Kier alpha value is -1.07. The highest BCUT2D eigenvalue weighted by atomic mass is 35.5. The molecule has 122 valence electrons. The highest BCUT2D eigenvalue weighted by molar-refractivity contribution is 5.92. The molecule has 1 aliphatic heterocycles. The maximum absolute atomic E-state index is 12.4. The van der Waals surface area contributed by atoms with Gasteiger partial charge in [-0.25, -0.2) is 0 Å². The number of piperidine rings is 1. The number of nitrogens with one attached hydrogen (secondary N) is 2. The fraction of sp³-hybridized carbons (Fsp3) is 0.750. The van der Waals surface area contributed by atoms with Gasteiger partial charge >= 0.3 is 0 Å². The van der Waals surface area contributed by atoms with Crippen LogP contribution in [0.15, 0.2) is 12.3 Å². The van der Waals surface area contributed by atoms with Crippen LogP contribution in [-0.2, 0) is 0 Å². The number of carbonyl (C=O) groups excluding carboxylic acids is 1. The second-order valence-corrected chi connectivity index (χ2v) is 6.86. The molecule has 3 fully saturated rings. The van der Waals surface area contributed by atoms with E-state index in [1.165, 1.54) is 32.1 Å². The van der Waals surface area contributed by atoms with E-state index in [0.717, 1.165) is 31.3 Å². The molecule has 2 N–H and O–H groups in total. The van der Waals surface area contributed by atoms with Gasteiger partial charge < -0.3 is 10.6 Å². The molecule has 5 nitrogen and oxygen atoms in total. The molecule has 1 atom stereocenters. The molecule has 2 heterocycles. The first-order valence-corrected chi connectivity index (χ1v) is 8.38. The minimum atomic E-state index is 0. The van der Waals surface area contributed by atoms with E-state index in [4.69, 9.17) is 0 Å². The smallest absolute Gasteiger partial charge is 0.272 e. The van der Waals surface area contributed by atoms with E-state index < -0.39 is 0 Å². The highest BCUT2D eigenvalue weighted by Gasteiger charge is 2.42. The summed E-state index contributed by atoms with van der Waals surface area (Å²) in [5.74, 6) is 1.47. The van der Waals surface area contributed by atoms with Crippen LogP contribution in [0.2, 0.25) is 0 Å². The SMILES string of the molecule is Cl.O=C(NC(C1CC1)C1CC1)c1ccn(C2CCCNC2)n1. The summed E-state index contributed by atoms with van der Waals surface area (Å²) in [5.41, 5.74) is 0.576. The Balaban J connectivity index is 0.00000144. The Bertz CT molecular complexity index is 506. The maximum atomic E-state index is 12.4. The summed E-state index contributed by atoms with van der Waals surface area (Å²) in [5, 5.41) is 11.1. The first kappa shape index (κ1) is 15.8. The first-order valence-electron chi connectivity index (χ1n) is 8.38. The molecule has 1 aromatic heterocycles. The summed E-state index contributed by atoms with van der Waals surface area (Å²) < 4.78 is 1.96. The van der Waals surface area contributed by atoms with Crippen molar-refractivity contribution in [3.63, 3.8) is 0 Å². The van der Waals surface area contributed by atoms with E-state index in [-0.39, 0.29) is 18.3 Å². The number of hydrogen-bond donors (Lipinski definition) is 2. The molecule has 2 aliphatic carbocycles. The van der Waals surface area contributed by atoms with Gasteiger partial charge in [-0.3, -0.25) is 9.48 Å². The van der Waals surface area contributed by atoms with Gasteiger partial charge in [0.05, 0.1) is 6.04 Å². The lowest BCUT2D eigenvalue weighted by Crippen LogP contribution is -2.38. The summed E-state index contributed by atoms with van der Waals surface area (Å²) in [6, 6.07) is 2.66. The normalized spacial score (nSPS) is 24.9. The van der Waals surface area contributed by atoms with Gasteiger partial charge in [0.25, 0.3) is 5.91 Å². The summed E-state index contributed by atoms with van der Waals surface area (Å²) in [4.78, 5) is 12.4. The van der Waals surface area contributed by atoms with Crippen LogP contribution in [0.1, 0.15) is 55.1 Å². The first-order chi connectivity index (χ1) is 10.3. The molecular formula is C16H25ClN4O. The third-order valence-corrected chi connectivity index (χ3v) is 5.04. The van der Waals surface area contributed by atoms with Gasteiger partial charge in [-0.2, -0.15) is 5.10 Å². The quantitative estimate of drug-likeness (QED) is 0.872. The molecule has 1 aromatic rings. The molecule has 1 unspecified atom stereocenters. The molecular weight excluding hydrogens is 300 g/mol. The van der Waals surface area contributed by atoms with Gasteiger partial charge in [0.2, 0.25) is 0 Å². The van der Waals surface area contributed by atoms with Crippen molar-refractivity contribution in [3.8, 4) is 0 Å². The van der Waals surface area contributed by atoms with Crippen LogP contribution in [0.5, 0.6) is 0 Å². The number of rotatable bonds is 5. The Kier molecular flexibility index (Phi) is 4.73. The summed E-state index contributed by atoms with van der Waals surface area (Å²) in [6.45, 7) is 2.05. The van der Waals surface area contributed by atoms with Crippen LogP contribution in [0.4, 0.5) is 0 Å². The van der Waals surface area contributed by atoms with Gasteiger partial charge in [-0.15, -0.1) is 12.4 Å². The Morgan fingerprint density at radius 2 is 2.00 bits per heavy atom. The van der Waals surface area contributed by atoms with Crippen LogP contribution >= 0.6 is 12.4 Å². The van der Waals surface area contributed by atoms with Gasteiger partial charge in [-0.1, -0.05) is 0 Å². The van der Waals surface area contributed by atoms with Crippen LogP contribution in [0, 0.1) is 11.8 Å². The van der Waals surface area contributed by atoms with Crippen LogP contribution < -0.4 is 10.6 Å². The minimum Gasteiger partial charge on any atom is -0.347 e. The Morgan fingerprint density at radius 1 is 1.27 bits per heavy atom. The Morgan fingerprint density at radius 3 is 2.59 bits per heavy atom. The van der Waals surface area contributed by atoms with Crippen LogP contribution in [0.25, 0.3) is 0 Å². The van der Waals surface area contributed by atoms with Gasteiger partial charge in [0.1, 0.15) is 5.69 Å². The van der Waals surface area contributed by atoms with E-state index >= 15 is 0 Å². The fourth-order valence-corrected chi connectivity index (χ4v) is 3.48. The largest absolute Gasteiger partial charge is 0.347 e. The second-order valence-electron chi connectivity index (χ2n) is 6.86. The number of nitrogens with zero attached hydrogens (tertiary/aromatic N) is 2. The lowest BCUT2D eigenvalue weighted by molar-refractivity contribution is 0.0920. The molecule has 1 saturated heterocycles. The molecule has 1 amide bonds. The van der Waals surface area contributed by atoms with Crippen molar-refractivity contribution in [1.82, 2.24) is 20.4 Å². The number of hydrogen-bond acceptors (Lipinski definition) is 3. The van der Waals surface area contributed by atoms with Crippen molar-refractivity contribution in [2.75, 3.05) is 13.1 Å². The third-order valence-electron chi connectivity index (χ3n) is 5.04. The average molecular weight is 325 g/mol.